The lowest BCUT2D eigenvalue weighted by Crippen LogP contribution is -2.46. The van der Waals surface area contributed by atoms with Crippen molar-refractivity contribution in [2.45, 2.75) is 32.2 Å². The molecule has 0 aliphatic carbocycles. The summed E-state index contributed by atoms with van der Waals surface area (Å²) >= 11 is 1.17. The first kappa shape index (κ1) is 15.2. The summed E-state index contributed by atoms with van der Waals surface area (Å²) in [5.74, 6) is -0.277. The molecular weight excluding hydrogens is 300 g/mol. The van der Waals surface area contributed by atoms with Crippen molar-refractivity contribution < 1.29 is 13.2 Å². The Kier molecular flexibility index (Phi) is 4.28. The van der Waals surface area contributed by atoms with Crippen molar-refractivity contribution in [3.8, 4) is 0 Å². The number of amides is 1. The number of carbonyl (C=O) groups is 1. The van der Waals surface area contributed by atoms with E-state index in [1.54, 1.807) is 6.92 Å². The van der Waals surface area contributed by atoms with Gasteiger partial charge in [0.2, 0.25) is 10.1 Å². The summed E-state index contributed by atoms with van der Waals surface area (Å²) in [7, 11) is -3.05. The monoisotopic (exact) mass is 318 g/mol. The van der Waals surface area contributed by atoms with Gasteiger partial charge >= 0.3 is 0 Å². The average Bonchev–Trinajstić information content (AvgIpc) is 2.91. The first-order valence-corrected chi connectivity index (χ1v) is 9.08. The van der Waals surface area contributed by atoms with Crippen LogP contribution in [-0.4, -0.2) is 48.1 Å². The van der Waals surface area contributed by atoms with Gasteiger partial charge in [0.05, 0.1) is 17.0 Å². The molecule has 9 heteroatoms. The Morgan fingerprint density at radius 3 is 2.80 bits per heavy atom. The number of nitrogens with one attached hydrogen (secondary N) is 2. The second kappa shape index (κ2) is 5.65. The van der Waals surface area contributed by atoms with Crippen LogP contribution >= 0.6 is 11.3 Å². The highest BCUT2D eigenvalue weighted by Crippen LogP contribution is 2.24. The molecule has 1 aromatic rings. The van der Waals surface area contributed by atoms with E-state index in [-0.39, 0.29) is 22.4 Å². The van der Waals surface area contributed by atoms with Crippen LogP contribution in [0.4, 0.5) is 5.13 Å². The van der Waals surface area contributed by atoms with E-state index in [1.165, 1.54) is 11.3 Å². The first-order valence-electron chi connectivity index (χ1n) is 6.44. The summed E-state index contributed by atoms with van der Waals surface area (Å²) in [5.41, 5.74) is -0.710. The number of aromatic nitrogens is 2. The van der Waals surface area contributed by atoms with Gasteiger partial charge in [-0.05, 0) is 19.8 Å². The maximum Gasteiger partial charge on any atom is 0.282 e. The summed E-state index contributed by atoms with van der Waals surface area (Å²) in [6.07, 6.45) is 1.39. The molecule has 2 N–H and O–H groups in total. The topological polar surface area (TPSA) is 101 Å². The fourth-order valence-corrected chi connectivity index (χ4v) is 4.81. The Hall–Kier alpha value is -1.22. The molecule has 1 aliphatic heterocycles. The lowest BCUT2D eigenvalue weighted by atomic mass is 10.0. The number of rotatable bonds is 5. The molecule has 1 amide bonds. The van der Waals surface area contributed by atoms with Crippen LogP contribution in [0.3, 0.4) is 0 Å². The molecule has 0 bridgehead atoms. The highest BCUT2D eigenvalue weighted by Gasteiger charge is 2.40. The second-order valence-electron chi connectivity index (χ2n) is 5.20. The van der Waals surface area contributed by atoms with Gasteiger partial charge in [-0.25, -0.2) is 8.42 Å². The molecular formula is C11H18N4O3S2. The van der Waals surface area contributed by atoms with Crippen LogP contribution in [0.1, 0.15) is 36.5 Å². The molecule has 1 unspecified atom stereocenters. The standard InChI is InChI=1S/C11H18N4O3S2/c1-3-5-12-10-15-14-9(19-10)8(16)13-11(2)4-6-20(17,18)7-11/h3-7H2,1-2H3,(H,12,15)(H,13,16). The number of hydrogen-bond donors (Lipinski definition) is 2. The third-order valence-corrected chi connectivity index (χ3v) is 5.85. The fourth-order valence-electron chi connectivity index (χ4n) is 2.05. The first-order chi connectivity index (χ1) is 9.34. The van der Waals surface area contributed by atoms with Gasteiger partial charge in [0.25, 0.3) is 5.91 Å². The number of nitrogens with zero attached hydrogens (tertiary/aromatic N) is 2. The van der Waals surface area contributed by atoms with Crippen LogP contribution in [0.2, 0.25) is 0 Å². The van der Waals surface area contributed by atoms with Crippen molar-refractivity contribution in [3.63, 3.8) is 0 Å². The average molecular weight is 318 g/mol. The Morgan fingerprint density at radius 2 is 2.20 bits per heavy atom. The molecule has 1 fully saturated rings. The third-order valence-electron chi connectivity index (χ3n) is 3.06. The summed E-state index contributed by atoms with van der Waals surface area (Å²) in [5, 5.41) is 14.4. The SMILES string of the molecule is CCCNc1nnc(C(=O)NC2(C)CCS(=O)(=O)C2)s1. The number of sulfone groups is 1. The molecule has 2 heterocycles. The van der Waals surface area contributed by atoms with Crippen LogP contribution in [0.25, 0.3) is 0 Å². The Bertz CT molecular complexity index is 599. The molecule has 0 spiro atoms. The second-order valence-corrected chi connectivity index (χ2v) is 8.36. The van der Waals surface area contributed by atoms with Crippen molar-refractivity contribution in [1.82, 2.24) is 15.5 Å². The lowest BCUT2D eigenvalue weighted by Gasteiger charge is -2.22. The van der Waals surface area contributed by atoms with Crippen LogP contribution < -0.4 is 10.6 Å². The number of hydrogen-bond acceptors (Lipinski definition) is 7. The summed E-state index contributed by atoms with van der Waals surface area (Å²) in [4.78, 5) is 12.1. The zero-order valence-corrected chi connectivity index (χ0v) is 13.1. The fraction of sp³-hybridized carbons (Fsp3) is 0.727. The molecule has 112 valence electrons. The highest BCUT2D eigenvalue weighted by atomic mass is 32.2. The van der Waals surface area contributed by atoms with Crippen molar-refractivity contribution in [3.05, 3.63) is 5.01 Å². The zero-order valence-electron chi connectivity index (χ0n) is 11.5. The van der Waals surface area contributed by atoms with E-state index >= 15 is 0 Å². The summed E-state index contributed by atoms with van der Waals surface area (Å²) in [6, 6.07) is 0. The van der Waals surface area contributed by atoms with E-state index in [0.29, 0.717) is 11.6 Å². The normalized spacial score (nSPS) is 24.5. The van der Waals surface area contributed by atoms with Crippen molar-refractivity contribution in [2.75, 3.05) is 23.4 Å². The number of carbonyl (C=O) groups excluding carboxylic acids is 1. The van der Waals surface area contributed by atoms with E-state index in [1.807, 2.05) is 6.92 Å². The number of anilines is 1. The Morgan fingerprint density at radius 1 is 1.45 bits per heavy atom. The van der Waals surface area contributed by atoms with E-state index < -0.39 is 15.4 Å². The van der Waals surface area contributed by atoms with Gasteiger partial charge < -0.3 is 10.6 Å². The minimum atomic E-state index is -3.05. The maximum atomic E-state index is 12.1. The minimum Gasteiger partial charge on any atom is -0.360 e. The van der Waals surface area contributed by atoms with Gasteiger partial charge in [-0.3, -0.25) is 4.79 Å². The molecule has 20 heavy (non-hydrogen) atoms. The van der Waals surface area contributed by atoms with Gasteiger partial charge in [-0.2, -0.15) is 0 Å². The zero-order chi connectivity index (χ0) is 14.8. The molecule has 7 nitrogen and oxygen atoms in total. The highest BCUT2D eigenvalue weighted by molar-refractivity contribution is 7.91. The van der Waals surface area contributed by atoms with Gasteiger partial charge in [0.1, 0.15) is 0 Å². The molecule has 1 aliphatic rings. The van der Waals surface area contributed by atoms with Crippen molar-refractivity contribution in [2.24, 2.45) is 0 Å². The van der Waals surface area contributed by atoms with Crippen LogP contribution in [0.5, 0.6) is 0 Å². The molecule has 1 saturated heterocycles. The smallest absolute Gasteiger partial charge is 0.282 e. The summed E-state index contributed by atoms with van der Waals surface area (Å²) in [6.45, 7) is 4.54. The predicted molar refractivity (Wildman–Crippen MR) is 77.8 cm³/mol. The van der Waals surface area contributed by atoms with Crippen LogP contribution in [0.15, 0.2) is 0 Å². The van der Waals surface area contributed by atoms with Crippen molar-refractivity contribution in [1.29, 1.82) is 0 Å². The molecule has 1 aromatic heterocycles. The Labute approximate surface area is 122 Å². The minimum absolute atomic E-state index is 0.0223. The third kappa shape index (κ3) is 3.66. The van der Waals surface area contributed by atoms with E-state index in [4.69, 9.17) is 0 Å². The van der Waals surface area contributed by atoms with Crippen LogP contribution in [-0.2, 0) is 9.84 Å². The van der Waals surface area contributed by atoms with E-state index in [2.05, 4.69) is 20.8 Å². The van der Waals surface area contributed by atoms with Gasteiger partial charge in [-0.15, -0.1) is 10.2 Å². The van der Waals surface area contributed by atoms with Crippen LogP contribution in [0, 0.1) is 0 Å². The molecule has 0 aromatic carbocycles. The van der Waals surface area contributed by atoms with E-state index in [0.717, 1.165) is 13.0 Å². The Balaban J connectivity index is 2.00. The lowest BCUT2D eigenvalue weighted by molar-refractivity contribution is 0.0914. The molecule has 1 atom stereocenters. The maximum absolute atomic E-state index is 12.1. The van der Waals surface area contributed by atoms with Crippen molar-refractivity contribution >= 4 is 32.2 Å². The van der Waals surface area contributed by atoms with E-state index in [9.17, 15) is 13.2 Å². The summed E-state index contributed by atoms with van der Waals surface area (Å²) < 4.78 is 23.0. The quantitative estimate of drug-likeness (QED) is 0.827. The molecule has 0 saturated carbocycles. The largest absolute Gasteiger partial charge is 0.360 e. The van der Waals surface area contributed by atoms with Gasteiger partial charge in [-0.1, -0.05) is 18.3 Å². The van der Waals surface area contributed by atoms with Gasteiger partial charge in [0, 0.05) is 6.54 Å². The predicted octanol–water partition coefficient (Wildman–Crippen LogP) is 0.667. The van der Waals surface area contributed by atoms with Gasteiger partial charge in [0.15, 0.2) is 9.84 Å². The molecule has 2 rings (SSSR count). The molecule has 0 radical (unpaired) electrons.